The zero-order valence-electron chi connectivity index (χ0n) is 18.9. The maximum Gasteiger partial charge on any atom is 0.240 e. The highest BCUT2D eigenvalue weighted by Gasteiger charge is 2.19. The number of thiazole rings is 1. The van der Waals surface area contributed by atoms with E-state index in [-0.39, 0.29) is 18.5 Å². The maximum absolute atomic E-state index is 12.7. The standard InChI is InChI=1S/C24H27N5O2S/c1-15-8-6-10-19(12-15)29-23-22(17(3)27-29)32-24(26-23)28(4)14-21(30)25-16(2)18-9-7-11-20(13-18)31-5/h6-13,16H,14H2,1-5H3,(H,25,30)/t16-/m0/s1. The highest BCUT2D eigenvalue weighted by Crippen LogP contribution is 2.32. The average Bonchev–Trinajstić information content (AvgIpc) is 3.34. The lowest BCUT2D eigenvalue weighted by Gasteiger charge is -2.19. The Hall–Kier alpha value is -3.39. The van der Waals surface area contributed by atoms with E-state index >= 15 is 0 Å². The second-order valence-electron chi connectivity index (χ2n) is 7.91. The molecule has 0 saturated heterocycles. The van der Waals surface area contributed by atoms with Crippen molar-refractivity contribution in [3.63, 3.8) is 0 Å². The molecule has 8 heteroatoms. The van der Waals surface area contributed by atoms with Crippen LogP contribution in [0, 0.1) is 13.8 Å². The molecule has 0 aliphatic rings. The van der Waals surface area contributed by atoms with Gasteiger partial charge < -0.3 is 15.0 Å². The molecule has 0 bridgehead atoms. The van der Waals surface area contributed by atoms with E-state index < -0.39 is 0 Å². The molecule has 1 atom stereocenters. The van der Waals surface area contributed by atoms with Gasteiger partial charge in [-0.2, -0.15) is 10.1 Å². The number of methoxy groups -OCH3 is 1. The third kappa shape index (κ3) is 4.45. The molecule has 4 rings (SSSR count). The highest BCUT2D eigenvalue weighted by atomic mass is 32.1. The van der Waals surface area contributed by atoms with Gasteiger partial charge in [-0.1, -0.05) is 35.6 Å². The van der Waals surface area contributed by atoms with Gasteiger partial charge in [0.05, 0.1) is 35.8 Å². The van der Waals surface area contributed by atoms with Crippen molar-refractivity contribution in [3.8, 4) is 11.4 Å². The van der Waals surface area contributed by atoms with Crippen molar-refractivity contribution in [2.75, 3.05) is 25.6 Å². The van der Waals surface area contributed by atoms with Crippen molar-refractivity contribution in [2.45, 2.75) is 26.8 Å². The Bertz CT molecular complexity index is 1260. The summed E-state index contributed by atoms with van der Waals surface area (Å²) in [6.07, 6.45) is 0. The third-order valence-electron chi connectivity index (χ3n) is 5.30. The minimum Gasteiger partial charge on any atom is -0.497 e. The third-order valence-corrected chi connectivity index (χ3v) is 6.57. The molecule has 0 fully saturated rings. The van der Waals surface area contributed by atoms with Crippen LogP contribution in [0.25, 0.3) is 16.0 Å². The number of ether oxygens (including phenoxy) is 1. The molecule has 2 aromatic heterocycles. The summed E-state index contributed by atoms with van der Waals surface area (Å²) < 4.78 is 8.17. The van der Waals surface area contributed by atoms with Gasteiger partial charge in [-0.15, -0.1) is 0 Å². The predicted molar refractivity (Wildman–Crippen MR) is 129 cm³/mol. The van der Waals surface area contributed by atoms with E-state index in [0.717, 1.165) is 38.2 Å². The van der Waals surface area contributed by atoms with Gasteiger partial charge in [-0.05, 0) is 56.2 Å². The molecule has 0 saturated carbocycles. The molecule has 32 heavy (non-hydrogen) atoms. The second-order valence-corrected chi connectivity index (χ2v) is 8.88. The Morgan fingerprint density at radius 3 is 2.75 bits per heavy atom. The minimum absolute atomic E-state index is 0.0703. The number of aryl methyl sites for hydroxylation is 2. The van der Waals surface area contributed by atoms with Crippen LogP contribution in [0.5, 0.6) is 5.75 Å². The number of carbonyl (C=O) groups is 1. The lowest BCUT2D eigenvalue weighted by Crippen LogP contribution is -2.36. The van der Waals surface area contributed by atoms with Crippen molar-refractivity contribution >= 4 is 32.7 Å². The Kier molecular flexibility index (Phi) is 6.14. The van der Waals surface area contributed by atoms with Gasteiger partial charge in [0, 0.05) is 7.05 Å². The highest BCUT2D eigenvalue weighted by molar-refractivity contribution is 7.22. The Morgan fingerprint density at radius 1 is 1.22 bits per heavy atom. The fraction of sp³-hybridized carbons (Fsp3) is 0.292. The monoisotopic (exact) mass is 449 g/mol. The van der Waals surface area contributed by atoms with Gasteiger partial charge in [0.15, 0.2) is 10.8 Å². The normalized spacial score (nSPS) is 12.0. The number of hydrogen-bond acceptors (Lipinski definition) is 6. The molecular formula is C24H27N5O2S. The van der Waals surface area contributed by atoms with Gasteiger partial charge in [-0.25, -0.2) is 4.68 Å². The second kappa shape index (κ2) is 9.00. The topological polar surface area (TPSA) is 72.3 Å². The molecule has 2 aromatic carbocycles. The number of fused-ring (bicyclic) bond motifs is 1. The van der Waals surface area contributed by atoms with Gasteiger partial charge in [-0.3, -0.25) is 4.79 Å². The minimum atomic E-state index is -0.126. The van der Waals surface area contributed by atoms with Crippen LogP contribution in [0.1, 0.15) is 29.8 Å². The van der Waals surface area contributed by atoms with E-state index in [9.17, 15) is 4.79 Å². The van der Waals surface area contributed by atoms with E-state index in [1.54, 1.807) is 18.4 Å². The Labute approximate surface area is 191 Å². The van der Waals surface area contributed by atoms with Crippen molar-refractivity contribution in [3.05, 3.63) is 65.4 Å². The van der Waals surface area contributed by atoms with Crippen LogP contribution in [0.2, 0.25) is 0 Å². The molecule has 1 N–H and O–H groups in total. The van der Waals surface area contributed by atoms with Crippen LogP contribution in [0.3, 0.4) is 0 Å². The van der Waals surface area contributed by atoms with Crippen LogP contribution in [0.4, 0.5) is 5.13 Å². The van der Waals surface area contributed by atoms with Crippen molar-refractivity contribution in [2.24, 2.45) is 0 Å². The summed E-state index contributed by atoms with van der Waals surface area (Å²) in [6.45, 7) is 6.22. The summed E-state index contributed by atoms with van der Waals surface area (Å²) >= 11 is 1.55. The molecule has 166 valence electrons. The van der Waals surface area contributed by atoms with E-state index in [1.807, 2.05) is 66.9 Å². The quantitative estimate of drug-likeness (QED) is 0.452. The summed E-state index contributed by atoms with van der Waals surface area (Å²) in [5, 5.41) is 8.50. The number of benzene rings is 2. The number of anilines is 1. The molecule has 2 heterocycles. The Morgan fingerprint density at radius 2 is 2.00 bits per heavy atom. The van der Waals surface area contributed by atoms with Crippen LogP contribution in [0.15, 0.2) is 48.5 Å². The first-order valence-electron chi connectivity index (χ1n) is 10.4. The summed E-state index contributed by atoms with van der Waals surface area (Å²) in [4.78, 5) is 19.4. The fourth-order valence-electron chi connectivity index (χ4n) is 3.59. The number of likely N-dealkylation sites (N-methyl/N-ethyl adjacent to an activating group) is 1. The first kappa shape index (κ1) is 21.8. The smallest absolute Gasteiger partial charge is 0.240 e. The average molecular weight is 450 g/mol. The van der Waals surface area contributed by atoms with E-state index in [1.165, 1.54) is 5.56 Å². The van der Waals surface area contributed by atoms with Crippen LogP contribution >= 0.6 is 11.3 Å². The van der Waals surface area contributed by atoms with Crippen LogP contribution in [-0.2, 0) is 4.79 Å². The van der Waals surface area contributed by atoms with Gasteiger partial charge in [0.1, 0.15) is 5.75 Å². The lowest BCUT2D eigenvalue weighted by atomic mass is 10.1. The van der Waals surface area contributed by atoms with Gasteiger partial charge in [0.2, 0.25) is 5.91 Å². The number of carbonyl (C=O) groups excluding carboxylic acids is 1. The summed E-state index contributed by atoms with van der Waals surface area (Å²) in [6, 6.07) is 15.8. The van der Waals surface area contributed by atoms with Crippen LogP contribution in [-0.4, -0.2) is 41.4 Å². The van der Waals surface area contributed by atoms with Crippen molar-refractivity contribution in [1.29, 1.82) is 0 Å². The summed E-state index contributed by atoms with van der Waals surface area (Å²) in [5.41, 5.74) is 4.87. The number of nitrogens with zero attached hydrogens (tertiary/aromatic N) is 4. The van der Waals surface area contributed by atoms with Crippen LogP contribution < -0.4 is 15.0 Å². The number of aromatic nitrogens is 3. The largest absolute Gasteiger partial charge is 0.497 e. The number of nitrogens with one attached hydrogen (secondary N) is 1. The number of rotatable bonds is 7. The first-order valence-corrected chi connectivity index (χ1v) is 11.2. The predicted octanol–water partition coefficient (Wildman–Crippen LogP) is 4.42. The van der Waals surface area contributed by atoms with E-state index in [2.05, 4.69) is 29.5 Å². The summed E-state index contributed by atoms with van der Waals surface area (Å²) in [5.74, 6) is 0.701. The Balaban J connectivity index is 1.49. The van der Waals surface area contributed by atoms with Crippen molar-refractivity contribution < 1.29 is 9.53 Å². The van der Waals surface area contributed by atoms with Gasteiger partial charge in [0.25, 0.3) is 0 Å². The SMILES string of the molecule is COc1cccc([C@H](C)NC(=O)CN(C)c2nc3c(s2)c(C)nn3-c2cccc(C)c2)c1. The number of amides is 1. The molecule has 0 aliphatic carbocycles. The number of hydrogen-bond donors (Lipinski definition) is 1. The lowest BCUT2D eigenvalue weighted by molar-refractivity contribution is -0.120. The molecule has 0 spiro atoms. The molecular weight excluding hydrogens is 422 g/mol. The molecule has 0 aliphatic heterocycles. The zero-order valence-corrected chi connectivity index (χ0v) is 19.7. The van der Waals surface area contributed by atoms with Gasteiger partial charge >= 0.3 is 0 Å². The van der Waals surface area contributed by atoms with E-state index in [4.69, 9.17) is 9.72 Å². The molecule has 7 nitrogen and oxygen atoms in total. The fourth-order valence-corrected chi connectivity index (χ4v) is 4.54. The molecule has 0 radical (unpaired) electrons. The first-order chi connectivity index (χ1) is 15.4. The molecule has 4 aromatic rings. The molecule has 0 unspecified atom stereocenters. The molecule has 1 amide bonds. The van der Waals surface area contributed by atoms with Crippen molar-refractivity contribution in [1.82, 2.24) is 20.1 Å². The zero-order chi connectivity index (χ0) is 22.8. The maximum atomic E-state index is 12.7. The summed E-state index contributed by atoms with van der Waals surface area (Å²) in [7, 11) is 3.52. The van der Waals surface area contributed by atoms with E-state index in [0.29, 0.717) is 0 Å².